The number of aliphatic hydroxyl groups excluding tert-OH is 1. The lowest BCUT2D eigenvalue weighted by atomic mass is 10.0. The zero-order chi connectivity index (χ0) is 56.3. The van der Waals surface area contributed by atoms with Crippen molar-refractivity contribution in [3.63, 3.8) is 0 Å². The van der Waals surface area contributed by atoms with Crippen LogP contribution in [0.1, 0.15) is 85.3 Å². The van der Waals surface area contributed by atoms with E-state index in [2.05, 4.69) is 53.2 Å². The van der Waals surface area contributed by atoms with Gasteiger partial charge in [0.05, 0.1) is 25.2 Å². The molecule has 414 valence electrons. The standard InChI is InChI=1S/C50H74N10O15/c1-29(2)20-34(45(70)53-27-42(65)66)59-47(72)36(22-31-14-10-8-11-15-31)57-39(62)24-51-38(61)19-18-33(56-41(64)26-55-49(74)75-50(5,6)7)44(69)52-25-40(63)58-37(23-32-16-12-9-13-17-32)48(73)60-35(21-30(3)4)46(71)54-28-43(67)68/h8-17,29-30,33-37,47,59,72H,18-28H2,1-7H3,(H,51,61)(H,52,69)(H,53,70)(H,54,71)(H,55,74)(H,56,64)(H,57,62)(H,58,63)(H,60,73)(H,65,66)(H,67,68). The Bertz CT molecular complexity index is 2240. The molecule has 0 aromatic heterocycles. The predicted molar refractivity (Wildman–Crippen MR) is 271 cm³/mol. The Morgan fingerprint density at radius 3 is 1.45 bits per heavy atom. The fourth-order valence-electron chi connectivity index (χ4n) is 7.08. The molecule has 0 fully saturated rings. The number of alkyl carbamates (subject to hydrolysis) is 1. The van der Waals surface area contributed by atoms with E-state index >= 15 is 0 Å². The number of hydrogen-bond acceptors (Lipinski definition) is 14. The summed E-state index contributed by atoms with van der Waals surface area (Å²) in [6.45, 7) is 8.63. The third kappa shape index (κ3) is 27.8. The molecule has 0 spiro atoms. The number of ether oxygens (including phenoxy) is 1. The first kappa shape index (κ1) is 63.4. The van der Waals surface area contributed by atoms with E-state index in [9.17, 15) is 57.8 Å². The van der Waals surface area contributed by atoms with Crippen LogP contribution in [-0.4, -0.2) is 155 Å². The smallest absolute Gasteiger partial charge is 0.408 e. The number of carboxylic acids is 2. The number of carboxylic acid groups (broad SMARTS) is 2. The summed E-state index contributed by atoms with van der Waals surface area (Å²) in [4.78, 5) is 141. The fourth-order valence-corrected chi connectivity index (χ4v) is 7.08. The number of rotatable bonds is 32. The molecule has 75 heavy (non-hydrogen) atoms. The number of aliphatic carboxylic acids is 2. The lowest BCUT2D eigenvalue weighted by molar-refractivity contribution is -0.139. The number of benzene rings is 2. The van der Waals surface area contributed by atoms with Gasteiger partial charge in [-0.3, -0.25) is 53.3 Å². The van der Waals surface area contributed by atoms with Gasteiger partial charge >= 0.3 is 18.0 Å². The van der Waals surface area contributed by atoms with Crippen molar-refractivity contribution in [3.8, 4) is 0 Å². The van der Waals surface area contributed by atoms with Crippen LogP contribution in [0.25, 0.3) is 0 Å². The Balaban J connectivity index is 2.23. The van der Waals surface area contributed by atoms with Crippen molar-refractivity contribution in [3.05, 3.63) is 71.8 Å². The number of nitrogens with one attached hydrogen (secondary N) is 10. The molecular formula is C50H74N10O15. The van der Waals surface area contributed by atoms with Gasteiger partial charge in [0.15, 0.2) is 0 Å². The quantitative estimate of drug-likeness (QED) is 0.0380. The topological polar surface area (TPSA) is 378 Å². The number of amides is 9. The molecule has 25 nitrogen and oxygen atoms in total. The zero-order valence-corrected chi connectivity index (χ0v) is 43.4. The van der Waals surface area contributed by atoms with Gasteiger partial charge in [-0.05, 0) is 69.4 Å². The molecule has 0 radical (unpaired) electrons. The Kier molecular flexibility index (Phi) is 27.5. The maximum absolute atomic E-state index is 13.7. The molecular weight excluding hydrogens is 981 g/mol. The molecule has 9 amide bonds. The van der Waals surface area contributed by atoms with Crippen LogP contribution in [0.15, 0.2) is 60.7 Å². The van der Waals surface area contributed by atoms with E-state index in [1.807, 2.05) is 13.8 Å². The lowest BCUT2D eigenvalue weighted by Gasteiger charge is -2.29. The van der Waals surface area contributed by atoms with Crippen molar-refractivity contribution < 1.29 is 72.8 Å². The molecule has 0 bridgehead atoms. The minimum Gasteiger partial charge on any atom is -0.480 e. The van der Waals surface area contributed by atoms with Gasteiger partial charge in [-0.2, -0.15) is 0 Å². The molecule has 2 rings (SSSR count). The van der Waals surface area contributed by atoms with Crippen LogP contribution >= 0.6 is 0 Å². The normalized spacial score (nSPS) is 13.5. The fraction of sp³-hybridized carbons (Fsp3) is 0.540. The van der Waals surface area contributed by atoms with E-state index in [0.717, 1.165) is 0 Å². The molecule has 0 saturated carbocycles. The first-order chi connectivity index (χ1) is 35.2. The van der Waals surface area contributed by atoms with E-state index in [-0.39, 0.29) is 37.5 Å². The van der Waals surface area contributed by atoms with Crippen LogP contribution in [0.5, 0.6) is 0 Å². The highest BCUT2D eigenvalue weighted by Gasteiger charge is 2.31. The second kappa shape index (κ2) is 32.5. The molecule has 0 aliphatic carbocycles. The van der Waals surface area contributed by atoms with Crippen molar-refractivity contribution in [1.82, 2.24) is 53.2 Å². The number of aliphatic hydroxyl groups is 1. The summed E-state index contributed by atoms with van der Waals surface area (Å²) in [7, 11) is 0. The highest BCUT2D eigenvalue weighted by molar-refractivity contribution is 5.95. The Morgan fingerprint density at radius 1 is 0.493 bits per heavy atom. The van der Waals surface area contributed by atoms with Gasteiger partial charge in [-0.15, -0.1) is 0 Å². The third-order valence-corrected chi connectivity index (χ3v) is 10.5. The van der Waals surface area contributed by atoms with E-state index in [4.69, 9.17) is 14.9 Å². The molecule has 2 aromatic rings. The molecule has 2 aromatic carbocycles. The molecule has 0 heterocycles. The van der Waals surface area contributed by atoms with Gasteiger partial charge < -0.3 is 67.9 Å². The maximum Gasteiger partial charge on any atom is 0.408 e. The molecule has 0 aliphatic heterocycles. The van der Waals surface area contributed by atoms with Crippen molar-refractivity contribution in [2.24, 2.45) is 11.8 Å². The van der Waals surface area contributed by atoms with Gasteiger partial charge in [0, 0.05) is 12.8 Å². The van der Waals surface area contributed by atoms with Crippen molar-refractivity contribution in [1.29, 1.82) is 0 Å². The monoisotopic (exact) mass is 1050 g/mol. The van der Waals surface area contributed by atoms with Gasteiger partial charge in [0.1, 0.15) is 49.6 Å². The minimum atomic E-state index is -1.54. The third-order valence-electron chi connectivity index (χ3n) is 10.5. The summed E-state index contributed by atoms with van der Waals surface area (Å²) in [6, 6.07) is 11.2. The van der Waals surface area contributed by atoms with E-state index in [0.29, 0.717) is 11.1 Å². The Morgan fingerprint density at radius 2 is 0.933 bits per heavy atom. The SMILES string of the molecule is CC(C)CC(NC(=O)C(Cc1ccccc1)NC(=O)CNC(=O)C(CCC(=O)NCC(=O)NC(Cc1ccccc1)C(O)NC(CC(C)C)C(=O)NCC(=O)O)NC(=O)CNC(=O)OC(C)(C)C)C(=O)NCC(=O)O. The number of carbonyl (C=O) groups excluding carboxylic acids is 9. The van der Waals surface area contributed by atoms with E-state index in [1.54, 1.807) is 95.3 Å². The molecule has 13 N–H and O–H groups in total. The van der Waals surface area contributed by atoms with Crippen LogP contribution in [0.2, 0.25) is 0 Å². The van der Waals surface area contributed by atoms with Crippen molar-refractivity contribution in [2.75, 3.05) is 32.7 Å². The zero-order valence-electron chi connectivity index (χ0n) is 43.4. The van der Waals surface area contributed by atoms with Crippen LogP contribution in [0, 0.1) is 11.8 Å². The van der Waals surface area contributed by atoms with Gasteiger partial charge in [0.2, 0.25) is 47.3 Å². The highest BCUT2D eigenvalue weighted by Crippen LogP contribution is 2.12. The van der Waals surface area contributed by atoms with Gasteiger partial charge in [-0.25, -0.2) is 4.79 Å². The number of hydrogen-bond donors (Lipinski definition) is 13. The highest BCUT2D eigenvalue weighted by atomic mass is 16.6. The first-order valence-corrected chi connectivity index (χ1v) is 24.4. The summed E-state index contributed by atoms with van der Waals surface area (Å²) >= 11 is 0. The van der Waals surface area contributed by atoms with Crippen molar-refractivity contribution in [2.45, 2.75) is 129 Å². The average Bonchev–Trinajstić information content (AvgIpc) is 3.32. The van der Waals surface area contributed by atoms with Crippen LogP contribution in [0.3, 0.4) is 0 Å². The minimum absolute atomic E-state index is 0.0612. The number of carbonyl (C=O) groups is 11. The Hall–Kier alpha value is -7.67. The van der Waals surface area contributed by atoms with Gasteiger partial charge in [0.25, 0.3) is 0 Å². The average molecular weight is 1060 g/mol. The summed E-state index contributed by atoms with van der Waals surface area (Å²) in [5, 5.41) is 54.0. The lowest BCUT2D eigenvalue weighted by Crippen LogP contribution is -2.58. The first-order valence-electron chi connectivity index (χ1n) is 24.4. The molecule has 6 atom stereocenters. The predicted octanol–water partition coefficient (Wildman–Crippen LogP) is -1.28. The summed E-state index contributed by atoms with van der Waals surface area (Å²) in [6.07, 6.45) is -3.04. The Labute approximate surface area is 435 Å². The van der Waals surface area contributed by atoms with Crippen LogP contribution in [-0.2, 0) is 65.5 Å². The van der Waals surface area contributed by atoms with Crippen molar-refractivity contribution >= 4 is 65.3 Å². The largest absolute Gasteiger partial charge is 0.480 e. The second-order valence-electron chi connectivity index (χ2n) is 19.4. The summed E-state index contributed by atoms with van der Waals surface area (Å²) in [5.74, 6) is -9.24. The van der Waals surface area contributed by atoms with Crippen LogP contribution < -0.4 is 53.2 Å². The molecule has 25 heteroatoms. The molecule has 0 aliphatic rings. The van der Waals surface area contributed by atoms with E-state index < -0.39 is 153 Å². The second-order valence-corrected chi connectivity index (χ2v) is 19.4. The van der Waals surface area contributed by atoms with E-state index in [1.165, 1.54) is 0 Å². The summed E-state index contributed by atoms with van der Waals surface area (Å²) in [5.41, 5.74) is 0.406. The molecule has 6 unspecified atom stereocenters. The maximum atomic E-state index is 13.7. The van der Waals surface area contributed by atoms with Gasteiger partial charge in [-0.1, -0.05) is 88.4 Å². The summed E-state index contributed by atoms with van der Waals surface area (Å²) < 4.78 is 5.15. The van der Waals surface area contributed by atoms with Crippen LogP contribution in [0.4, 0.5) is 4.79 Å². The molecule has 0 saturated heterocycles.